The molecule has 1 N–H and O–H groups in total. The second kappa shape index (κ2) is 8.14. The molecule has 0 aromatic heterocycles. The first-order chi connectivity index (χ1) is 11.7. The Morgan fingerprint density at radius 1 is 1.00 bits per heavy atom. The van der Waals surface area contributed by atoms with Crippen LogP contribution in [0.4, 0.5) is 0 Å². The highest BCUT2D eigenvalue weighted by atomic mass is 16.1. The Morgan fingerprint density at radius 3 is 2.33 bits per heavy atom. The van der Waals surface area contributed by atoms with Crippen LogP contribution in [0.3, 0.4) is 0 Å². The van der Waals surface area contributed by atoms with Gasteiger partial charge in [0, 0.05) is 18.0 Å². The molecular weight excluding hydrogens is 294 g/mol. The molecule has 3 rings (SSSR count). The third-order valence-corrected chi connectivity index (χ3v) is 5.24. The molecule has 1 fully saturated rings. The van der Waals surface area contributed by atoms with E-state index in [1.807, 2.05) is 31.2 Å². The van der Waals surface area contributed by atoms with Crippen molar-refractivity contribution in [1.82, 2.24) is 5.32 Å². The fraction of sp³-hybridized carbons (Fsp3) is 0.409. The van der Waals surface area contributed by atoms with Crippen LogP contribution in [0.25, 0.3) is 0 Å². The molecule has 2 nitrogen and oxygen atoms in total. The van der Waals surface area contributed by atoms with Gasteiger partial charge in [-0.1, -0.05) is 67.3 Å². The maximum atomic E-state index is 12.5. The molecule has 0 saturated heterocycles. The third kappa shape index (κ3) is 4.25. The fourth-order valence-corrected chi connectivity index (χ4v) is 3.80. The second-order valence-corrected chi connectivity index (χ2v) is 6.99. The normalized spacial score (nSPS) is 16.5. The van der Waals surface area contributed by atoms with E-state index in [0.717, 1.165) is 12.1 Å². The summed E-state index contributed by atoms with van der Waals surface area (Å²) in [7, 11) is 0. The van der Waals surface area contributed by atoms with Crippen LogP contribution < -0.4 is 5.32 Å². The van der Waals surface area contributed by atoms with Crippen molar-refractivity contribution in [1.29, 1.82) is 0 Å². The number of carbonyl (C=O) groups is 1. The molecule has 2 heteroatoms. The SMILES string of the molecule is Cc1ccc(C(=O)NCC(c2ccccc2)C2CCCCC2)cc1. The summed E-state index contributed by atoms with van der Waals surface area (Å²) in [6, 6.07) is 18.5. The molecule has 1 aliphatic carbocycles. The monoisotopic (exact) mass is 321 g/mol. The summed E-state index contributed by atoms with van der Waals surface area (Å²) in [4.78, 5) is 12.5. The van der Waals surface area contributed by atoms with Crippen molar-refractivity contribution in [3.05, 3.63) is 71.3 Å². The van der Waals surface area contributed by atoms with Crippen LogP contribution >= 0.6 is 0 Å². The van der Waals surface area contributed by atoms with Gasteiger partial charge in [-0.05, 0) is 43.4 Å². The Bertz CT molecular complexity index is 641. The van der Waals surface area contributed by atoms with Crippen molar-refractivity contribution >= 4 is 5.91 Å². The van der Waals surface area contributed by atoms with E-state index in [4.69, 9.17) is 0 Å². The minimum absolute atomic E-state index is 0.0340. The van der Waals surface area contributed by atoms with Gasteiger partial charge in [0.25, 0.3) is 5.91 Å². The lowest BCUT2D eigenvalue weighted by Crippen LogP contribution is -2.32. The summed E-state index contributed by atoms with van der Waals surface area (Å²) in [6.07, 6.45) is 6.55. The highest BCUT2D eigenvalue weighted by Gasteiger charge is 2.25. The minimum Gasteiger partial charge on any atom is -0.351 e. The molecule has 0 heterocycles. The zero-order chi connectivity index (χ0) is 16.8. The molecule has 2 aromatic rings. The molecule has 1 atom stereocenters. The van der Waals surface area contributed by atoms with E-state index in [-0.39, 0.29) is 5.91 Å². The predicted molar refractivity (Wildman–Crippen MR) is 99.3 cm³/mol. The molecule has 0 radical (unpaired) electrons. The predicted octanol–water partition coefficient (Wildman–Crippen LogP) is 5.09. The van der Waals surface area contributed by atoms with Gasteiger partial charge in [0.1, 0.15) is 0 Å². The van der Waals surface area contributed by atoms with E-state index < -0.39 is 0 Å². The number of hydrogen-bond donors (Lipinski definition) is 1. The number of rotatable bonds is 5. The molecule has 0 aliphatic heterocycles. The Kier molecular flexibility index (Phi) is 5.68. The lowest BCUT2D eigenvalue weighted by molar-refractivity contribution is 0.0946. The molecule has 2 aromatic carbocycles. The first-order valence-corrected chi connectivity index (χ1v) is 9.14. The first-order valence-electron chi connectivity index (χ1n) is 9.14. The topological polar surface area (TPSA) is 29.1 Å². The lowest BCUT2D eigenvalue weighted by atomic mass is 9.76. The summed E-state index contributed by atoms with van der Waals surface area (Å²) in [5, 5.41) is 3.18. The maximum absolute atomic E-state index is 12.5. The largest absolute Gasteiger partial charge is 0.351 e. The van der Waals surface area contributed by atoms with Gasteiger partial charge in [0.05, 0.1) is 0 Å². The Morgan fingerprint density at radius 2 is 1.67 bits per heavy atom. The van der Waals surface area contributed by atoms with Gasteiger partial charge in [-0.25, -0.2) is 0 Å². The zero-order valence-corrected chi connectivity index (χ0v) is 14.5. The molecule has 24 heavy (non-hydrogen) atoms. The summed E-state index contributed by atoms with van der Waals surface area (Å²) >= 11 is 0. The van der Waals surface area contributed by atoms with E-state index in [9.17, 15) is 4.79 Å². The number of hydrogen-bond acceptors (Lipinski definition) is 1. The second-order valence-electron chi connectivity index (χ2n) is 6.99. The van der Waals surface area contributed by atoms with E-state index in [2.05, 4.69) is 35.6 Å². The van der Waals surface area contributed by atoms with Crippen LogP contribution in [0, 0.1) is 12.8 Å². The van der Waals surface area contributed by atoms with Crippen LogP contribution in [0.15, 0.2) is 54.6 Å². The molecule has 0 bridgehead atoms. The van der Waals surface area contributed by atoms with Crippen LogP contribution in [-0.2, 0) is 0 Å². The van der Waals surface area contributed by atoms with Crippen molar-refractivity contribution in [2.45, 2.75) is 44.9 Å². The Hall–Kier alpha value is -2.09. The molecular formula is C22H27NO. The molecule has 1 unspecified atom stereocenters. The number of carbonyl (C=O) groups excluding carboxylic acids is 1. The van der Waals surface area contributed by atoms with Gasteiger partial charge in [-0.15, -0.1) is 0 Å². The van der Waals surface area contributed by atoms with E-state index >= 15 is 0 Å². The minimum atomic E-state index is 0.0340. The summed E-state index contributed by atoms with van der Waals surface area (Å²) in [6.45, 7) is 2.76. The number of aryl methyl sites for hydroxylation is 1. The lowest BCUT2D eigenvalue weighted by Gasteiger charge is -2.31. The summed E-state index contributed by atoms with van der Waals surface area (Å²) in [5.41, 5.74) is 3.28. The average molecular weight is 321 g/mol. The Balaban J connectivity index is 1.69. The first kappa shape index (κ1) is 16.8. The van der Waals surface area contributed by atoms with Gasteiger partial charge >= 0.3 is 0 Å². The van der Waals surface area contributed by atoms with Crippen molar-refractivity contribution < 1.29 is 4.79 Å². The van der Waals surface area contributed by atoms with Crippen LogP contribution in [0.1, 0.15) is 59.5 Å². The average Bonchev–Trinajstić information content (AvgIpc) is 2.64. The standard InChI is InChI=1S/C22H27NO/c1-17-12-14-20(15-13-17)22(24)23-16-21(18-8-4-2-5-9-18)19-10-6-3-7-11-19/h2,4-5,8-9,12-15,19,21H,3,6-7,10-11,16H2,1H3,(H,23,24). The Labute approximate surface area is 145 Å². The van der Waals surface area contributed by atoms with Gasteiger partial charge in [-0.3, -0.25) is 4.79 Å². The van der Waals surface area contributed by atoms with Crippen molar-refractivity contribution in [2.24, 2.45) is 5.92 Å². The number of amides is 1. The van der Waals surface area contributed by atoms with Crippen molar-refractivity contribution in [2.75, 3.05) is 6.54 Å². The van der Waals surface area contributed by atoms with Gasteiger partial charge in [0.2, 0.25) is 0 Å². The smallest absolute Gasteiger partial charge is 0.251 e. The summed E-state index contributed by atoms with van der Waals surface area (Å²) in [5.74, 6) is 1.13. The number of benzene rings is 2. The molecule has 1 saturated carbocycles. The van der Waals surface area contributed by atoms with Crippen molar-refractivity contribution in [3.63, 3.8) is 0 Å². The number of nitrogens with one attached hydrogen (secondary N) is 1. The fourth-order valence-electron chi connectivity index (χ4n) is 3.80. The maximum Gasteiger partial charge on any atom is 0.251 e. The van der Waals surface area contributed by atoms with E-state index in [1.54, 1.807) is 0 Å². The van der Waals surface area contributed by atoms with Gasteiger partial charge in [0.15, 0.2) is 0 Å². The highest BCUT2D eigenvalue weighted by molar-refractivity contribution is 5.94. The molecule has 126 valence electrons. The van der Waals surface area contributed by atoms with E-state index in [0.29, 0.717) is 11.8 Å². The zero-order valence-electron chi connectivity index (χ0n) is 14.5. The summed E-state index contributed by atoms with van der Waals surface area (Å²) < 4.78 is 0. The van der Waals surface area contributed by atoms with Crippen LogP contribution in [-0.4, -0.2) is 12.5 Å². The highest BCUT2D eigenvalue weighted by Crippen LogP contribution is 2.35. The van der Waals surface area contributed by atoms with Gasteiger partial charge in [-0.2, -0.15) is 0 Å². The van der Waals surface area contributed by atoms with Gasteiger partial charge < -0.3 is 5.32 Å². The molecule has 1 amide bonds. The third-order valence-electron chi connectivity index (χ3n) is 5.24. The van der Waals surface area contributed by atoms with Crippen molar-refractivity contribution in [3.8, 4) is 0 Å². The quantitative estimate of drug-likeness (QED) is 0.816. The molecule has 0 spiro atoms. The molecule has 1 aliphatic rings. The van der Waals surface area contributed by atoms with E-state index in [1.165, 1.54) is 43.2 Å². The van der Waals surface area contributed by atoms with Crippen LogP contribution in [0.2, 0.25) is 0 Å². The van der Waals surface area contributed by atoms with Crippen LogP contribution in [0.5, 0.6) is 0 Å².